The van der Waals surface area contributed by atoms with Crippen LogP contribution in [-0.2, 0) is 16.1 Å². The van der Waals surface area contributed by atoms with Gasteiger partial charge in [0.15, 0.2) is 11.4 Å². The molecule has 0 aromatic heterocycles. The molecule has 3 N–H and O–H groups in total. The first-order valence-electron chi connectivity index (χ1n) is 6.89. The van der Waals surface area contributed by atoms with E-state index in [1.54, 1.807) is 19.1 Å². The quantitative estimate of drug-likeness (QED) is 0.743. The largest absolute Gasteiger partial charge is 0.375 e. The zero-order valence-electron chi connectivity index (χ0n) is 11.8. The van der Waals surface area contributed by atoms with Gasteiger partial charge in [-0.05, 0) is 24.6 Å². The number of Topliss-reactive ketones (excluding diaryl/α,β-unsaturated/α-hetero) is 1. The van der Waals surface area contributed by atoms with E-state index in [9.17, 15) is 15.0 Å². The molecule has 0 radical (unpaired) electrons. The second kappa shape index (κ2) is 3.53. The second-order valence-electron chi connectivity index (χ2n) is 5.81. The number of ketones is 1. The summed E-state index contributed by atoms with van der Waals surface area (Å²) in [6.45, 7) is 3.11. The summed E-state index contributed by atoms with van der Waals surface area (Å²) in [6, 6.07) is 11.1. The zero-order chi connectivity index (χ0) is 15.0. The van der Waals surface area contributed by atoms with E-state index in [2.05, 4.69) is 5.32 Å². The third-order valence-electron chi connectivity index (χ3n) is 4.67. The Bertz CT molecular complexity index is 849. The minimum absolute atomic E-state index is 0.230. The molecule has 0 bridgehead atoms. The van der Waals surface area contributed by atoms with E-state index in [1.807, 2.05) is 24.3 Å². The summed E-state index contributed by atoms with van der Waals surface area (Å²) >= 11 is 0. The molecule has 4 nitrogen and oxygen atoms in total. The highest BCUT2D eigenvalue weighted by Gasteiger charge is 2.65. The molecule has 0 saturated heterocycles. The highest BCUT2D eigenvalue weighted by atomic mass is 16.4. The van der Waals surface area contributed by atoms with Crippen molar-refractivity contribution in [1.82, 2.24) is 5.32 Å². The molecule has 1 heterocycles. The van der Waals surface area contributed by atoms with Crippen LogP contribution in [0.3, 0.4) is 0 Å². The van der Waals surface area contributed by atoms with Crippen molar-refractivity contribution in [2.24, 2.45) is 0 Å². The van der Waals surface area contributed by atoms with Gasteiger partial charge in [-0.3, -0.25) is 4.79 Å². The van der Waals surface area contributed by atoms with Crippen LogP contribution in [0.4, 0.5) is 0 Å². The van der Waals surface area contributed by atoms with Crippen molar-refractivity contribution in [3.8, 4) is 0 Å². The highest BCUT2D eigenvalue weighted by Crippen LogP contribution is 2.57. The van der Waals surface area contributed by atoms with Crippen LogP contribution in [0.5, 0.6) is 0 Å². The summed E-state index contributed by atoms with van der Waals surface area (Å²) < 4.78 is 0. The predicted octanol–water partition coefficient (Wildman–Crippen LogP) is 1.65. The van der Waals surface area contributed by atoms with Gasteiger partial charge in [0.25, 0.3) is 0 Å². The van der Waals surface area contributed by atoms with Crippen molar-refractivity contribution in [3.05, 3.63) is 58.8 Å². The van der Waals surface area contributed by atoms with Crippen LogP contribution < -0.4 is 5.32 Å². The molecule has 0 saturated carbocycles. The number of hydrogen-bond acceptors (Lipinski definition) is 4. The Kier molecular flexibility index (Phi) is 2.11. The Balaban J connectivity index is 2.18. The minimum Gasteiger partial charge on any atom is -0.375 e. The van der Waals surface area contributed by atoms with Crippen LogP contribution in [0.1, 0.15) is 25.0 Å². The smallest absolute Gasteiger partial charge is 0.201 e. The van der Waals surface area contributed by atoms with Crippen LogP contribution in [0.15, 0.2) is 47.7 Å². The lowest BCUT2D eigenvalue weighted by atomic mass is 9.81. The highest BCUT2D eigenvalue weighted by molar-refractivity contribution is 6.02. The second-order valence-corrected chi connectivity index (χ2v) is 5.81. The van der Waals surface area contributed by atoms with E-state index in [-0.39, 0.29) is 11.4 Å². The van der Waals surface area contributed by atoms with Crippen LogP contribution in [0.2, 0.25) is 0 Å². The molecule has 2 aromatic carbocycles. The average molecular weight is 281 g/mol. The van der Waals surface area contributed by atoms with Gasteiger partial charge in [0.1, 0.15) is 0 Å². The summed E-state index contributed by atoms with van der Waals surface area (Å²) in [6.07, 6.45) is 0. The van der Waals surface area contributed by atoms with Crippen LogP contribution in [0, 0.1) is 0 Å². The van der Waals surface area contributed by atoms with Gasteiger partial charge in [-0.15, -0.1) is 0 Å². The lowest BCUT2D eigenvalue weighted by Gasteiger charge is -2.34. The SMILES string of the molecule is CC(=O)C1=C(C)NC2(O)c3cccc4cccc(c34)C12O. The first-order valence-corrected chi connectivity index (χ1v) is 6.89. The monoisotopic (exact) mass is 281 g/mol. The van der Waals surface area contributed by atoms with Crippen molar-refractivity contribution in [1.29, 1.82) is 0 Å². The molecular formula is C17H15NO3. The van der Waals surface area contributed by atoms with E-state index < -0.39 is 11.3 Å². The summed E-state index contributed by atoms with van der Waals surface area (Å²) in [5.41, 5.74) is -1.51. The number of fused-ring (bicyclic) bond motifs is 3. The summed E-state index contributed by atoms with van der Waals surface area (Å²) in [4.78, 5) is 12.0. The molecule has 0 amide bonds. The molecule has 1 aliphatic heterocycles. The number of allylic oxidation sites excluding steroid dienone is 1. The lowest BCUT2D eigenvalue weighted by molar-refractivity contribution is -0.144. The number of hydrogen-bond donors (Lipinski definition) is 3. The van der Waals surface area contributed by atoms with Gasteiger partial charge in [-0.2, -0.15) is 0 Å². The van der Waals surface area contributed by atoms with Gasteiger partial charge in [0.05, 0.1) is 5.57 Å². The van der Waals surface area contributed by atoms with E-state index in [0.717, 1.165) is 10.8 Å². The standard InChI is InChI=1S/C17H15NO3/c1-9-15(10(2)19)16(20)12-7-3-5-11-6-4-8-13(14(11)12)17(16,21)18-9/h3-8,18,20-21H,1-2H3. The lowest BCUT2D eigenvalue weighted by Crippen LogP contribution is -2.51. The third kappa shape index (κ3) is 1.17. The number of nitrogens with one attached hydrogen (secondary N) is 1. The molecule has 2 unspecified atom stereocenters. The molecule has 2 aromatic rings. The van der Waals surface area contributed by atoms with Gasteiger partial charge < -0.3 is 15.5 Å². The van der Waals surface area contributed by atoms with Gasteiger partial charge in [-0.1, -0.05) is 36.4 Å². The summed E-state index contributed by atoms with van der Waals surface area (Å²) in [7, 11) is 0. The average Bonchev–Trinajstić information content (AvgIpc) is 2.75. The zero-order valence-corrected chi connectivity index (χ0v) is 11.8. The molecule has 2 aliphatic rings. The molecule has 106 valence electrons. The minimum atomic E-state index is -1.74. The van der Waals surface area contributed by atoms with Crippen LogP contribution in [-0.4, -0.2) is 16.0 Å². The van der Waals surface area contributed by atoms with Crippen molar-refractivity contribution < 1.29 is 15.0 Å². The van der Waals surface area contributed by atoms with Crippen LogP contribution >= 0.6 is 0 Å². The van der Waals surface area contributed by atoms with Gasteiger partial charge in [0, 0.05) is 16.8 Å². The van der Waals surface area contributed by atoms with E-state index in [0.29, 0.717) is 16.8 Å². The molecule has 0 spiro atoms. The number of aliphatic hydroxyl groups is 2. The van der Waals surface area contributed by atoms with Crippen LogP contribution in [0.25, 0.3) is 10.8 Å². The Hall–Kier alpha value is -2.17. The fourth-order valence-corrected chi connectivity index (χ4v) is 3.93. The fourth-order valence-electron chi connectivity index (χ4n) is 3.93. The molecule has 1 aliphatic carbocycles. The molecule has 21 heavy (non-hydrogen) atoms. The molecule has 2 atom stereocenters. The predicted molar refractivity (Wildman–Crippen MR) is 78.3 cm³/mol. The van der Waals surface area contributed by atoms with Gasteiger partial charge >= 0.3 is 0 Å². The first-order chi connectivity index (χ1) is 9.91. The third-order valence-corrected chi connectivity index (χ3v) is 4.67. The van der Waals surface area contributed by atoms with Crippen molar-refractivity contribution >= 4 is 16.6 Å². The van der Waals surface area contributed by atoms with Gasteiger partial charge in [0.2, 0.25) is 5.72 Å². The normalized spacial score (nSPS) is 29.7. The van der Waals surface area contributed by atoms with E-state index in [4.69, 9.17) is 0 Å². The van der Waals surface area contributed by atoms with Gasteiger partial charge in [-0.25, -0.2) is 0 Å². The molecule has 4 rings (SSSR count). The molecule has 4 heteroatoms. The maximum Gasteiger partial charge on any atom is 0.201 e. The van der Waals surface area contributed by atoms with Crippen molar-refractivity contribution in [3.63, 3.8) is 0 Å². The Morgan fingerprint density at radius 1 is 1.10 bits per heavy atom. The van der Waals surface area contributed by atoms with Crippen molar-refractivity contribution in [2.75, 3.05) is 0 Å². The maximum atomic E-state index is 12.0. The molecule has 0 fully saturated rings. The topological polar surface area (TPSA) is 69.6 Å². The Morgan fingerprint density at radius 2 is 1.71 bits per heavy atom. The number of benzene rings is 2. The number of rotatable bonds is 1. The number of carbonyl (C=O) groups is 1. The Morgan fingerprint density at radius 3 is 2.33 bits per heavy atom. The Labute approximate surface area is 121 Å². The van der Waals surface area contributed by atoms with E-state index in [1.165, 1.54) is 6.92 Å². The van der Waals surface area contributed by atoms with E-state index >= 15 is 0 Å². The van der Waals surface area contributed by atoms with Crippen molar-refractivity contribution in [2.45, 2.75) is 25.2 Å². The molecular weight excluding hydrogens is 266 g/mol. The first kappa shape index (κ1) is 12.6. The fraction of sp³-hybridized carbons (Fsp3) is 0.235. The summed E-state index contributed by atoms with van der Waals surface area (Å²) in [5, 5.41) is 27.2. The maximum absolute atomic E-state index is 12.0. The summed E-state index contributed by atoms with van der Waals surface area (Å²) in [5.74, 6) is -0.247. The number of carbonyl (C=O) groups excluding carboxylic acids is 1.